The molecule has 0 fully saturated rings. The van der Waals surface area contributed by atoms with E-state index in [0.29, 0.717) is 19.1 Å². The Labute approximate surface area is 159 Å². The zero-order chi connectivity index (χ0) is 18.5. The minimum absolute atomic E-state index is 0.127. The fourth-order valence-electron chi connectivity index (χ4n) is 2.51. The number of aromatic carboxylic acids is 1. The Hall–Kier alpha value is -2.80. The summed E-state index contributed by atoms with van der Waals surface area (Å²) >= 11 is 3.47. The van der Waals surface area contributed by atoms with Crippen LogP contribution in [0.4, 0.5) is 5.95 Å². The van der Waals surface area contributed by atoms with Crippen LogP contribution in [0.15, 0.2) is 59.2 Å². The molecule has 0 aliphatic rings. The highest BCUT2D eigenvalue weighted by Crippen LogP contribution is 2.25. The van der Waals surface area contributed by atoms with E-state index in [2.05, 4.69) is 26.2 Å². The number of carboxylic acids is 1. The van der Waals surface area contributed by atoms with Gasteiger partial charge in [-0.05, 0) is 23.8 Å². The van der Waals surface area contributed by atoms with Gasteiger partial charge in [0.05, 0.1) is 6.20 Å². The van der Waals surface area contributed by atoms with Crippen molar-refractivity contribution in [1.82, 2.24) is 9.55 Å². The predicted molar refractivity (Wildman–Crippen MR) is 102 cm³/mol. The van der Waals surface area contributed by atoms with E-state index in [1.807, 2.05) is 48.5 Å². The molecule has 0 bridgehead atoms. The van der Waals surface area contributed by atoms with Gasteiger partial charge in [-0.1, -0.05) is 46.3 Å². The van der Waals surface area contributed by atoms with Crippen LogP contribution >= 0.6 is 15.9 Å². The number of halogens is 1. The number of aromatic nitrogens is 2. The Bertz CT molecular complexity index is 910. The fourth-order valence-corrected chi connectivity index (χ4v) is 2.92. The smallest absolute Gasteiger partial charge is 0.354 e. The van der Waals surface area contributed by atoms with Crippen molar-refractivity contribution >= 4 is 27.8 Å². The van der Waals surface area contributed by atoms with Gasteiger partial charge in [-0.25, -0.2) is 9.78 Å². The summed E-state index contributed by atoms with van der Waals surface area (Å²) in [5.41, 5.74) is 2.15. The number of carboxylic acid groups (broad SMARTS) is 1. The van der Waals surface area contributed by atoms with Crippen LogP contribution in [0.2, 0.25) is 0 Å². The number of rotatable bonds is 7. The number of hydrogen-bond acceptors (Lipinski definition) is 4. The van der Waals surface area contributed by atoms with Gasteiger partial charge in [0.2, 0.25) is 5.95 Å². The van der Waals surface area contributed by atoms with Crippen LogP contribution in [0.1, 0.15) is 21.6 Å². The number of benzene rings is 2. The Morgan fingerprint density at radius 1 is 1.27 bits per heavy atom. The summed E-state index contributed by atoms with van der Waals surface area (Å²) < 4.78 is 8.40. The average Bonchev–Trinajstić information content (AvgIpc) is 3.01. The van der Waals surface area contributed by atoms with Gasteiger partial charge in [0, 0.05) is 23.6 Å². The quantitative estimate of drug-likeness (QED) is 0.607. The van der Waals surface area contributed by atoms with Gasteiger partial charge in [0.25, 0.3) is 0 Å². The standard InChI is InChI=1S/C19H18BrN3O3/c1-23-16(18(24)25)11-22-19(23)21-10-14-9-15(20)7-8-17(14)26-12-13-5-3-2-4-6-13/h2-9,11H,10,12H2,1H3,(H,21,22)(H,24,25). The first-order chi connectivity index (χ1) is 12.5. The number of hydrogen-bond donors (Lipinski definition) is 2. The summed E-state index contributed by atoms with van der Waals surface area (Å²) in [5, 5.41) is 12.3. The van der Waals surface area contributed by atoms with Crippen LogP contribution in [0.5, 0.6) is 5.75 Å². The molecule has 26 heavy (non-hydrogen) atoms. The summed E-state index contributed by atoms with van der Waals surface area (Å²) in [7, 11) is 1.66. The molecule has 0 unspecified atom stereocenters. The molecule has 2 N–H and O–H groups in total. The van der Waals surface area contributed by atoms with Crippen LogP contribution in [-0.2, 0) is 20.2 Å². The molecule has 3 aromatic rings. The zero-order valence-corrected chi connectivity index (χ0v) is 15.7. The molecule has 0 spiro atoms. The van der Waals surface area contributed by atoms with Crippen molar-refractivity contribution in [3.05, 3.63) is 76.0 Å². The molecule has 0 amide bonds. The maximum atomic E-state index is 11.1. The highest BCUT2D eigenvalue weighted by atomic mass is 79.9. The lowest BCUT2D eigenvalue weighted by atomic mass is 10.2. The van der Waals surface area contributed by atoms with E-state index < -0.39 is 5.97 Å². The molecule has 1 heterocycles. The summed E-state index contributed by atoms with van der Waals surface area (Å²) in [6, 6.07) is 15.7. The minimum Gasteiger partial charge on any atom is -0.489 e. The van der Waals surface area contributed by atoms with Crippen molar-refractivity contribution in [2.75, 3.05) is 5.32 Å². The molecular formula is C19H18BrN3O3. The van der Waals surface area contributed by atoms with E-state index in [-0.39, 0.29) is 5.69 Å². The van der Waals surface area contributed by atoms with Crippen molar-refractivity contribution in [2.24, 2.45) is 7.05 Å². The van der Waals surface area contributed by atoms with E-state index >= 15 is 0 Å². The Morgan fingerprint density at radius 3 is 2.73 bits per heavy atom. The van der Waals surface area contributed by atoms with Crippen LogP contribution in [0.3, 0.4) is 0 Å². The van der Waals surface area contributed by atoms with Gasteiger partial charge >= 0.3 is 5.97 Å². The van der Waals surface area contributed by atoms with Gasteiger partial charge in [0.15, 0.2) is 0 Å². The van der Waals surface area contributed by atoms with E-state index in [4.69, 9.17) is 9.84 Å². The normalized spacial score (nSPS) is 10.5. The van der Waals surface area contributed by atoms with E-state index in [9.17, 15) is 4.79 Å². The topological polar surface area (TPSA) is 76.4 Å². The lowest BCUT2D eigenvalue weighted by Crippen LogP contribution is -2.10. The van der Waals surface area contributed by atoms with Crippen molar-refractivity contribution in [3.63, 3.8) is 0 Å². The Balaban J connectivity index is 1.73. The largest absolute Gasteiger partial charge is 0.489 e. The van der Waals surface area contributed by atoms with Crippen molar-refractivity contribution in [1.29, 1.82) is 0 Å². The van der Waals surface area contributed by atoms with Crippen LogP contribution in [-0.4, -0.2) is 20.6 Å². The summed E-state index contributed by atoms with van der Waals surface area (Å²) in [6.45, 7) is 0.925. The molecule has 3 rings (SSSR count). The molecule has 1 aromatic heterocycles. The monoisotopic (exact) mass is 415 g/mol. The first kappa shape index (κ1) is 18.0. The predicted octanol–water partition coefficient (Wildman–Crippen LogP) is 4.07. The third-order valence-electron chi connectivity index (χ3n) is 3.90. The molecule has 0 radical (unpaired) electrons. The second kappa shape index (κ2) is 8.05. The molecule has 2 aromatic carbocycles. The second-order valence-electron chi connectivity index (χ2n) is 5.71. The molecule has 0 aliphatic heterocycles. The highest BCUT2D eigenvalue weighted by molar-refractivity contribution is 9.10. The Morgan fingerprint density at radius 2 is 2.04 bits per heavy atom. The molecular weight excluding hydrogens is 398 g/mol. The van der Waals surface area contributed by atoms with Crippen molar-refractivity contribution < 1.29 is 14.6 Å². The Kier molecular flexibility index (Phi) is 5.58. The van der Waals surface area contributed by atoms with Gasteiger partial charge in [-0.15, -0.1) is 0 Å². The lowest BCUT2D eigenvalue weighted by Gasteiger charge is -2.13. The maximum absolute atomic E-state index is 11.1. The molecule has 0 saturated heterocycles. The summed E-state index contributed by atoms with van der Waals surface area (Å²) in [4.78, 5) is 15.2. The van der Waals surface area contributed by atoms with Crippen molar-refractivity contribution in [3.8, 4) is 5.75 Å². The number of nitrogens with zero attached hydrogens (tertiary/aromatic N) is 2. The second-order valence-corrected chi connectivity index (χ2v) is 6.63. The first-order valence-corrected chi connectivity index (χ1v) is 8.78. The van der Waals surface area contributed by atoms with Gasteiger partial charge < -0.3 is 19.7 Å². The van der Waals surface area contributed by atoms with Crippen LogP contribution in [0, 0.1) is 0 Å². The highest BCUT2D eigenvalue weighted by Gasteiger charge is 2.13. The van der Waals surface area contributed by atoms with Crippen molar-refractivity contribution in [2.45, 2.75) is 13.2 Å². The third kappa shape index (κ3) is 4.23. The van der Waals surface area contributed by atoms with Gasteiger partial charge in [-0.3, -0.25) is 0 Å². The van der Waals surface area contributed by atoms with E-state index in [0.717, 1.165) is 21.3 Å². The van der Waals surface area contributed by atoms with E-state index in [1.54, 1.807) is 7.05 Å². The molecule has 7 heteroatoms. The van der Waals surface area contributed by atoms with Crippen LogP contribution < -0.4 is 10.1 Å². The molecule has 0 saturated carbocycles. The molecule has 0 aliphatic carbocycles. The molecule has 6 nitrogen and oxygen atoms in total. The summed E-state index contributed by atoms with van der Waals surface area (Å²) in [5.74, 6) is 0.232. The maximum Gasteiger partial charge on any atom is 0.354 e. The zero-order valence-electron chi connectivity index (χ0n) is 14.1. The van der Waals surface area contributed by atoms with E-state index in [1.165, 1.54) is 10.8 Å². The third-order valence-corrected chi connectivity index (χ3v) is 4.40. The van der Waals surface area contributed by atoms with Crippen LogP contribution in [0.25, 0.3) is 0 Å². The van der Waals surface area contributed by atoms with Gasteiger partial charge in [-0.2, -0.15) is 0 Å². The average molecular weight is 416 g/mol. The number of imidazole rings is 1. The van der Waals surface area contributed by atoms with Gasteiger partial charge in [0.1, 0.15) is 18.1 Å². The minimum atomic E-state index is -1.01. The number of anilines is 1. The number of ether oxygens (including phenoxy) is 1. The molecule has 134 valence electrons. The first-order valence-electron chi connectivity index (χ1n) is 7.98. The number of nitrogens with one attached hydrogen (secondary N) is 1. The fraction of sp³-hybridized carbons (Fsp3) is 0.158. The summed E-state index contributed by atoms with van der Waals surface area (Å²) in [6.07, 6.45) is 1.33. The SMILES string of the molecule is Cn1c(C(=O)O)cnc1NCc1cc(Br)ccc1OCc1ccccc1. The molecule has 0 atom stereocenters. The number of carbonyl (C=O) groups is 1. The lowest BCUT2D eigenvalue weighted by molar-refractivity contribution is 0.0686.